The van der Waals surface area contributed by atoms with E-state index in [-0.39, 0.29) is 5.56 Å². The maximum Gasteiger partial charge on any atom is 0.258 e. The summed E-state index contributed by atoms with van der Waals surface area (Å²) in [6.45, 7) is 0. The van der Waals surface area contributed by atoms with Gasteiger partial charge in [0.25, 0.3) is 6.43 Å². The Hall–Kier alpha value is -0.630. The highest BCUT2D eigenvalue weighted by Crippen LogP contribution is 2.26. The first-order valence-electron chi connectivity index (χ1n) is 3.57. The number of hydrogen-bond acceptors (Lipinski definition) is 0. The molecule has 0 heterocycles. The molecule has 0 saturated carbocycles. The molecular weight excluding hydrogens is 170 g/mol. The molecular formula is C8H7ClF2. The van der Waals surface area contributed by atoms with Crippen LogP contribution >= 0.6 is 11.6 Å². The monoisotopic (exact) mass is 177 g/mol. The summed E-state index contributed by atoms with van der Waals surface area (Å²) in [5.74, 6) is 0. The highest BCUT2D eigenvalue weighted by atomic mass is 35.5. The molecule has 1 rings (SSSR count). The second-order valence-electron chi connectivity index (χ2n) is 2.01. The van der Waals surface area contributed by atoms with E-state index in [4.69, 9.17) is 13.0 Å². The number of halogens is 3. The molecule has 0 nitrogen and oxygen atoms in total. The lowest BCUT2D eigenvalue weighted by Gasteiger charge is -2.06. The fraction of sp³-hybridized carbons (Fsp3) is 0.250. The van der Waals surface area contributed by atoms with E-state index in [1.54, 1.807) is 18.2 Å². The van der Waals surface area contributed by atoms with Gasteiger partial charge in [0.15, 0.2) is 0 Å². The Bertz CT molecular complexity index is 248. The topological polar surface area (TPSA) is 0 Å². The van der Waals surface area contributed by atoms with E-state index in [0.29, 0.717) is 0 Å². The molecule has 0 radical (unpaired) electrons. The summed E-state index contributed by atoms with van der Waals surface area (Å²) < 4.78 is 31.5. The van der Waals surface area contributed by atoms with Gasteiger partial charge in [0.1, 0.15) is 5.35 Å². The van der Waals surface area contributed by atoms with Gasteiger partial charge >= 0.3 is 0 Å². The first kappa shape index (κ1) is 7.04. The quantitative estimate of drug-likeness (QED) is 0.609. The number of rotatable bonds is 2. The van der Waals surface area contributed by atoms with Gasteiger partial charge in [-0.3, -0.25) is 0 Å². The highest BCUT2D eigenvalue weighted by molar-refractivity contribution is 6.21. The van der Waals surface area contributed by atoms with E-state index < -0.39 is 11.8 Å². The largest absolute Gasteiger partial charge is 0.258 e. The minimum atomic E-state index is -2.89. The van der Waals surface area contributed by atoms with Crippen LogP contribution < -0.4 is 0 Å². The molecule has 0 aliphatic rings. The molecule has 0 N–H and O–H groups in total. The summed E-state index contributed by atoms with van der Waals surface area (Å²) in [7, 11) is 0. The molecule has 3 heteroatoms. The molecule has 1 aromatic carbocycles. The van der Waals surface area contributed by atoms with Crippen LogP contribution in [-0.2, 0) is 0 Å². The van der Waals surface area contributed by atoms with Gasteiger partial charge in [-0.25, -0.2) is 8.78 Å². The molecule has 1 aromatic rings. The fourth-order valence-electron chi connectivity index (χ4n) is 0.723. The Labute approximate surface area is 70.2 Å². The molecule has 0 fully saturated rings. The van der Waals surface area contributed by atoms with Crippen LogP contribution in [0.5, 0.6) is 0 Å². The molecule has 1 unspecified atom stereocenters. The van der Waals surface area contributed by atoms with Crippen LogP contribution in [0.2, 0.25) is 0 Å². The van der Waals surface area contributed by atoms with E-state index in [9.17, 15) is 8.78 Å². The molecule has 0 aliphatic heterocycles. The number of alkyl halides is 3. The van der Waals surface area contributed by atoms with Gasteiger partial charge in [0, 0.05) is 0 Å². The van der Waals surface area contributed by atoms with E-state index >= 15 is 0 Å². The van der Waals surface area contributed by atoms with Crippen molar-refractivity contribution in [2.75, 3.05) is 0 Å². The fourth-order valence-corrected chi connectivity index (χ4v) is 0.849. The molecule has 0 aliphatic carbocycles. The summed E-state index contributed by atoms with van der Waals surface area (Å²) >= 11 is 5.31. The zero-order chi connectivity index (χ0) is 9.19. The SMILES string of the molecule is [2H]C(Cl)(c1ccccc1)C(F)F. The third-order valence-electron chi connectivity index (χ3n) is 1.24. The van der Waals surface area contributed by atoms with Crippen molar-refractivity contribution in [2.45, 2.75) is 11.8 Å². The second kappa shape index (κ2) is 3.67. The third-order valence-corrected chi connectivity index (χ3v) is 1.62. The van der Waals surface area contributed by atoms with Crippen molar-refractivity contribution in [2.24, 2.45) is 0 Å². The Balaban J connectivity index is 2.98. The normalized spacial score (nSPS) is 17.6. The third kappa shape index (κ3) is 2.15. The summed E-state index contributed by atoms with van der Waals surface area (Å²) in [6, 6.07) is 7.65. The van der Waals surface area contributed by atoms with Crippen LogP contribution in [0.4, 0.5) is 8.78 Å². The molecule has 1 atom stereocenters. The summed E-state index contributed by atoms with van der Waals surface area (Å²) in [6.07, 6.45) is -2.89. The Morgan fingerprint density at radius 1 is 1.27 bits per heavy atom. The van der Waals surface area contributed by atoms with Crippen LogP contribution in [0.25, 0.3) is 0 Å². The van der Waals surface area contributed by atoms with Gasteiger partial charge in [0.05, 0.1) is 1.37 Å². The zero-order valence-corrected chi connectivity index (χ0v) is 6.35. The van der Waals surface area contributed by atoms with E-state index in [1.165, 1.54) is 12.1 Å². The van der Waals surface area contributed by atoms with Crippen LogP contribution in [0, 0.1) is 0 Å². The van der Waals surface area contributed by atoms with E-state index in [0.717, 1.165) is 0 Å². The molecule has 0 amide bonds. The van der Waals surface area contributed by atoms with Gasteiger partial charge < -0.3 is 0 Å². The lowest BCUT2D eigenvalue weighted by molar-refractivity contribution is 0.143. The standard InChI is InChI=1S/C8H7ClF2/c9-7(8(10)11)6-4-2-1-3-5-6/h1-5,7-8H/i7D. The average Bonchev–Trinajstić information content (AvgIpc) is 2.06. The van der Waals surface area contributed by atoms with Gasteiger partial charge in [-0.1, -0.05) is 30.3 Å². The van der Waals surface area contributed by atoms with Crippen LogP contribution in [0.1, 0.15) is 12.3 Å². The summed E-state index contributed by atoms with van der Waals surface area (Å²) in [5, 5.41) is -2.32. The molecule has 0 spiro atoms. The van der Waals surface area contributed by atoms with E-state index in [1.807, 2.05) is 0 Å². The van der Waals surface area contributed by atoms with Crippen molar-refractivity contribution in [3.8, 4) is 0 Å². The van der Waals surface area contributed by atoms with Crippen molar-refractivity contribution in [1.82, 2.24) is 0 Å². The van der Waals surface area contributed by atoms with Gasteiger partial charge in [0.2, 0.25) is 0 Å². The number of benzene rings is 1. The Morgan fingerprint density at radius 3 is 2.27 bits per heavy atom. The predicted octanol–water partition coefficient (Wildman–Crippen LogP) is 3.23. The molecule has 11 heavy (non-hydrogen) atoms. The van der Waals surface area contributed by atoms with Crippen molar-refractivity contribution in [3.63, 3.8) is 0 Å². The minimum Gasteiger partial charge on any atom is -0.208 e. The number of hydrogen-bond donors (Lipinski definition) is 0. The van der Waals surface area contributed by atoms with Crippen molar-refractivity contribution in [3.05, 3.63) is 35.9 Å². The maximum absolute atomic E-state index is 12.2. The zero-order valence-electron chi connectivity index (χ0n) is 6.60. The van der Waals surface area contributed by atoms with Gasteiger partial charge in [-0.2, -0.15) is 0 Å². The lowest BCUT2D eigenvalue weighted by atomic mass is 10.1. The minimum absolute atomic E-state index is 0.113. The molecule has 0 bridgehead atoms. The summed E-state index contributed by atoms with van der Waals surface area (Å²) in [5.41, 5.74) is 0.113. The van der Waals surface area contributed by atoms with Crippen LogP contribution in [0.3, 0.4) is 0 Å². The van der Waals surface area contributed by atoms with Gasteiger partial charge in [-0.15, -0.1) is 11.6 Å². The first-order chi connectivity index (χ1) is 5.55. The Morgan fingerprint density at radius 2 is 1.82 bits per heavy atom. The van der Waals surface area contributed by atoms with Crippen LogP contribution in [-0.4, -0.2) is 6.43 Å². The molecule has 0 saturated heterocycles. The summed E-state index contributed by atoms with van der Waals surface area (Å²) in [4.78, 5) is 0. The van der Waals surface area contributed by atoms with Crippen molar-refractivity contribution in [1.29, 1.82) is 0 Å². The second-order valence-corrected chi connectivity index (χ2v) is 2.42. The van der Waals surface area contributed by atoms with Crippen molar-refractivity contribution >= 4 is 11.6 Å². The van der Waals surface area contributed by atoms with Crippen LogP contribution in [0.15, 0.2) is 30.3 Å². The maximum atomic E-state index is 12.2. The van der Waals surface area contributed by atoms with Crippen molar-refractivity contribution < 1.29 is 10.2 Å². The van der Waals surface area contributed by atoms with E-state index in [2.05, 4.69) is 0 Å². The average molecular weight is 178 g/mol. The predicted molar refractivity (Wildman–Crippen MR) is 41.0 cm³/mol. The first-order valence-corrected chi connectivity index (χ1v) is 3.45. The molecule has 60 valence electrons. The lowest BCUT2D eigenvalue weighted by Crippen LogP contribution is -2.00. The smallest absolute Gasteiger partial charge is 0.208 e. The Kier molecular flexibility index (Phi) is 2.35. The highest BCUT2D eigenvalue weighted by Gasteiger charge is 2.18. The molecule has 0 aromatic heterocycles. The van der Waals surface area contributed by atoms with Gasteiger partial charge in [-0.05, 0) is 5.56 Å².